The molecular weight excluding hydrogens is 244 g/mol. The maximum atomic E-state index is 12.4. The van der Waals surface area contributed by atoms with Gasteiger partial charge in [-0.1, -0.05) is 20.8 Å². The first-order valence-corrected chi connectivity index (χ1v) is 7.03. The van der Waals surface area contributed by atoms with Crippen molar-refractivity contribution in [2.24, 2.45) is 17.1 Å². The van der Waals surface area contributed by atoms with E-state index < -0.39 is 5.54 Å². The number of carbonyl (C=O) groups excluding carboxylic acids is 1. The van der Waals surface area contributed by atoms with Crippen LogP contribution < -0.4 is 11.1 Å². The van der Waals surface area contributed by atoms with Crippen LogP contribution in [0.5, 0.6) is 0 Å². The Morgan fingerprint density at radius 3 is 2.53 bits per heavy atom. The summed E-state index contributed by atoms with van der Waals surface area (Å²) in [5, 5.41) is 12.0. The molecule has 112 valence electrons. The van der Waals surface area contributed by atoms with Crippen molar-refractivity contribution in [3.63, 3.8) is 0 Å². The van der Waals surface area contributed by atoms with Gasteiger partial charge in [0.1, 0.15) is 5.54 Å². The average molecular weight is 272 g/mol. The molecule has 1 rings (SSSR count). The fraction of sp³-hybridized carbons (Fsp3) is 0.929. The highest BCUT2D eigenvalue weighted by Crippen LogP contribution is 2.49. The molecule has 1 fully saturated rings. The SMILES string of the molecule is CCOC1CC(N)(C(=O)NC(C)C(C)CO)C1(C)C. The van der Waals surface area contributed by atoms with Gasteiger partial charge in [-0.3, -0.25) is 4.79 Å². The van der Waals surface area contributed by atoms with Gasteiger partial charge in [-0.2, -0.15) is 0 Å². The highest BCUT2D eigenvalue weighted by molar-refractivity contribution is 5.89. The number of nitrogens with two attached hydrogens (primary N) is 1. The Labute approximate surface area is 115 Å². The van der Waals surface area contributed by atoms with Crippen LogP contribution in [0.1, 0.15) is 41.0 Å². The van der Waals surface area contributed by atoms with Gasteiger partial charge in [0, 0.05) is 31.1 Å². The Bertz CT molecular complexity index is 333. The summed E-state index contributed by atoms with van der Waals surface area (Å²) >= 11 is 0. The summed E-state index contributed by atoms with van der Waals surface area (Å²) in [4.78, 5) is 12.4. The molecule has 5 heteroatoms. The van der Waals surface area contributed by atoms with Gasteiger partial charge >= 0.3 is 0 Å². The third-order valence-electron chi connectivity index (χ3n) is 4.74. The molecule has 1 aliphatic rings. The van der Waals surface area contributed by atoms with E-state index in [-0.39, 0.29) is 36.0 Å². The highest BCUT2D eigenvalue weighted by Gasteiger charge is 2.62. The lowest BCUT2D eigenvalue weighted by Crippen LogP contribution is -2.76. The van der Waals surface area contributed by atoms with E-state index in [0.29, 0.717) is 13.0 Å². The minimum Gasteiger partial charge on any atom is -0.396 e. The Hall–Kier alpha value is -0.650. The van der Waals surface area contributed by atoms with Crippen molar-refractivity contribution >= 4 is 5.91 Å². The smallest absolute Gasteiger partial charge is 0.241 e. The van der Waals surface area contributed by atoms with E-state index in [0.717, 1.165) is 0 Å². The molecule has 0 heterocycles. The summed E-state index contributed by atoms with van der Waals surface area (Å²) < 4.78 is 5.61. The van der Waals surface area contributed by atoms with Crippen LogP contribution >= 0.6 is 0 Å². The third-order valence-corrected chi connectivity index (χ3v) is 4.74. The molecule has 0 spiro atoms. The summed E-state index contributed by atoms with van der Waals surface area (Å²) in [7, 11) is 0. The van der Waals surface area contributed by atoms with E-state index in [1.165, 1.54) is 0 Å². The molecule has 19 heavy (non-hydrogen) atoms. The van der Waals surface area contributed by atoms with E-state index in [9.17, 15) is 4.79 Å². The second-order valence-corrected chi connectivity index (χ2v) is 6.26. The lowest BCUT2D eigenvalue weighted by molar-refractivity contribution is -0.171. The van der Waals surface area contributed by atoms with Gasteiger partial charge in [-0.25, -0.2) is 0 Å². The summed E-state index contributed by atoms with van der Waals surface area (Å²) in [5.74, 6) is -0.139. The summed E-state index contributed by atoms with van der Waals surface area (Å²) in [6.07, 6.45) is 0.568. The molecule has 0 radical (unpaired) electrons. The van der Waals surface area contributed by atoms with E-state index in [4.69, 9.17) is 15.6 Å². The molecule has 4 unspecified atom stereocenters. The van der Waals surface area contributed by atoms with Crippen molar-refractivity contribution < 1.29 is 14.6 Å². The largest absolute Gasteiger partial charge is 0.396 e. The maximum Gasteiger partial charge on any atom is 0.241 e. The van der Waals surface area contributed by atoms with Crippen LogP contribution in [0.15, 0.2) is 0 Å². The van der Waals surface area contributed by atoms with Gasteiger partial charge in [0.2, 0.25) is 5.91 Å². The minimum absolute atomic E-state index is 0.0124. The fourth-order valence-corrected chi connectivity index (χ4v) is 2.46. The van der Waals surface area contributed by atoms with Crippen LogP contribution in [0.3, 0.4) is 0 Å². The van der Waals surface area contributed by atoms with Gasteiger partial charge in [0.05, 0.1) is 6.10 Å². The molecule has 4 atom stereocenters. The first kappa shape index (κ1) is 16.4. The lowest BCUT2D eigenvalue weighted by atomic mass is 9.54. The Morgan fingerprint density at radius 2 is 2.11 bits per heavy atom. The van der Waals surface area contributed by atoms with Crippen LogP contribution in [-0.4, -0.2) is 41.9 Å². The zero-order chi connectivity index (χ0) is 14.8. The van der Waals surface area contributed by atoms with Crippen LogP contribution in [0.25, 0.3) is 0 Å². The van der Waals surface area contributed by atoms with Crippen molar-refractivity contribution in [2.45, 2.75) is 58.7 Å². The third kappa shape index (κ3) is 2.78. The predicted octanol–water partition coefficient (Wildman–Crippen LogP) is 0.652. The number of amides is 1. The van der Waals surface area contributed by atoms with Crippen LogP contribution in [0.2, 0.25) is 0 Å². The topological polar surface area (TPSA) is 84.6 Å². The normalized spacial score (nSPS) is 32.3. The van der Waals surface area contributed by atoms with E-state index in [1.54, 1.807) is 0 Å². The van der Waals surface area contributed by atoms with Crippen LogP contribution in [0.4, 0.5) is 0 Å². The fourth-order valence-electron chi connectivity index (χ4n) is 2.46. The Balaban J connectivity index is 2.67. The van der Waals surface area contributed by atoms with Crippen molar-refractivity contribution in [1.29, 1.82) is 0 Å². The Kier molecular flexibility index (Phi) is 4.98. The summed E-state index contributed by atoms with van der Waals surface area (Å²) in [6.45, 7) is 10.3. The van der Waals surface area contributed by atoms with Crippen molar-refractivity contribution in [2.75, 3.05) is 13.2 Å². The molecule has 5 nitrogen and oxygen atoms in total. The molecule has 0 bridgehead atoms. The molecule has 1 aliphatic carbocycles. The van der Waals surface area contributed by atoms with Gasteiger partial charge in [0.15, 0.2) is 0 Å². The second-order valence-electron chi connectivity index (χ2n) is 6.26. The van der Waals surface area contributed by atoms with Gasteiger partial charge in [-0.15, -0.1) is 0 Å². The van der Waals surface area contributed by atoms with Gasteiger partial charge < -0.3 is 20.9 Å². The standard InChI is InChI=1S/C14H28N2O3/c1-6-19-11-7-14(15,13(11,4)5)12(18)16-10(3)9(2)8-17/h9-11,17H,6-8,15H2,1-5H3,(H,16,18). The summed E-state index contributed by atoms with van der Waals surface area (Å²) in [6, 6.07) is -0.0973. The first-order chi connectivity index (χ1) is 8.70. The molecular formula is C14H28N2O3. The number of nitrogens with one attached hydrogen (secondary N) is 1. The monoisotopic (exact) mass is 272 g/mol. The zero-order valence-corrected chi connectivity index (χ0v) is 12.7. The molecule has 0 saturated heterocycles. The lowest BCUT2D eigenvalue weighted by Gasteiger charge is -2.57. The molecule has 0 aromatic rings. The van der Waals surface area contributed by atoms with Crippen molar-refractivity contribution in [3.05, 3.63) is 0 Å². The highest BCUT2D eigenvalue weighted by atomic mass is 16.5. The molecule has 0 aromatic carbocycles. The van der Waals surface area contributed by atoms with Crippen molar-refractivity contribution in [3.8, 4) is 0 Å². The zero-order valence-electron chi connectivity index (χ0n) is 12.7. The van der Waals surface area contributed by atoms with E-state index in [1.807, 2.05) is 34.6 Å². The van der Waals surface area contributed by atoms with Gasteiger partial charge in [-0.05, 0) is 19.8 Å². The molecule has 0 aromatic heterocycles. The number of carbonyl (C=O) groups is 1. The second kappa shape index (κ2) is 5.77. The number of rotatable bonds is 6. The van der Waals surface area contributed by atoms with E-state index in [2.05, 4.69) is 5.32 Å². The number of aliphatic hydroxyl groups is 1. The molecule has 0 aliphatic heterocycles. The number of hydrogen-bond acceptors (Lipinski definition) is 4. The molecule has 1 saturated carbocycles. The Morgan fingerprint density at radius 1 is 1.53 bits per heavy atom. The first-order valence-electron chi connectivity index (χ1n) is 7.03. The predicted molar refractivity (Wildman–Crippen MR) is 74.6 cm³/mol. The van der Waals surface area contributed by atoms with Crippen LogP contribution in [0, 0.1) is 11.3 Å². The van der Waals surface area contributed by atoms with Crippen LogP contribution in [-0.2, 0) is 9.53 Å². The number of aliphatic hydroxyl groups excluding tert-OH is 1. The molecule has 1 amide bonds. The number of hydrogen-bond donors (Lipinski definition) is 3. The quantitative estimate of drug-likeness (QED) is 0.663. The average Bonchev–Trinajstić information content (AvgIpc) is 2.36. The van der Waals surface area contributed by atoms with Gasteiger partial charge in [0.25, 0.3) is 0 Å². The molecule has 4 N–H and O–H groups in total. The number of ether oxygens (including phenoxy) is 1. The van der Waals surface area contributed by atoms with Crippen molar-refractivity contribution in [1.82, 2.24) is 5.32 Å². The minimum atomic E-state index is -0.893. The maximum absolute atomic E-state index is 12.4. The summed E-state index contributed by atoms with van der Waals surface area (Å²) in [5.41, 5.74) is 5.01. The van der Waals surface area contributed by atoms with E-state index >= 15 is 0 Å².